The molecule has 0 aliphatic heterocycles. The lowest BCUT2D eigenvalue weighted by molar-refractivity contribution is 0.178. The maximum absolute atomic E-state index is 9.38. The summed E-state index contributed by atoms with van der Waals surface area (Å²) in [7, 11) is 0. The highest BCUT2D eigenvalue weighted by Crippen LogP contribution is 2.28. The second kappa shape index (κ2) is 5.00. The minimum atomic E-state index is -0.152. The van der Waals surface area contributed by atoms with Gasteiger partial charge in [0.25, 0.3) is 0 Å². The molecule has 1 heterocycles. The number of anilines is 1. The van der Waals surface area contributed by atoms with Gasteiger partial charge in [0, 0.05) is 6.54 Å². The molecule has 0 spiro atoms. The number of aliphatic hydroxyl groups is 1. The molecule has 1 aliphatic rings. The zero-order valence-corrected chi connectivity index (χ0v) is 10.2. The lowest BCUT2D eigenvalue weighted by atomic mass is 10.1. The molecule has 1 fully saturated rings. The van der Waals surface area contributed by atoms with Crippen molar-refractivity contribution in [2.24, 2.45) is 5.92 Å². The number of thiazole rings is 1. The van der Waals surface area contributed by atoms with Crippen LogP contribution in [0.2, 0.25) is 5.15 Å². The zero-order valence-electron chi connectivity index (χ0n) is 8.61. The lowest BCUT2D eigenvalue weighted by Gasteiger charge is -2.09. The zero-order chi connectivity index (χ0) is 11.5. The third-order valence-corrected chi connectivity index (χ3v) is 4.05. The van der Waals surface area contributed by atoms with E-state index in [0.717, 1.165) is 25.8 Å². The number of aromatic nitrogens is 1. The van der Waals surface area contributed by atoms with Crippen molar-refractivity contribution >= 4 is 28.1 Å². The molecule has 2 N–H and O–H groups in total. The first-order valence-corrected chi connectivity index (χ1v) is 6.37. The second-order valence-corrected chi connectivity index (χ2v) is 5.32. The van der Waals surface area contributed by atoms with Crippen molar-refractivity contribution in [1.29, 1.82) is 5.26 Å². The summed E-state index contributed by atoms with van der Waals surface area (Å²) in [5.74, 6) is 0.489. The number of halogens is 1. The molecule has 2 atom stereocenters. The summed E-state index contributed by atoms with van der Waals surface area (Å²) in [6.45, 7) is 0.784. The summed E-state index contributed by atoms with van der Waals surface area (Å²) < 4.78 is 0. The molecule has 0 radical (unpaired) electrons. The highest BCUT2D eigenvalue weighted by atomic mass is 35.5. The molecule has 1 aliphatic carbocycles. The van der Waals surface area contributed by atoms with Gasteiger partial charge in [0.1, 0.15) is 10.9 Å². The number of nitrogens with one attached hydrogen (secondary N) is 1. The molecule has 1 saturated carbocycles. The SMILES string of the molecule is N#Cc1sc(NCC2CCC(O)C2)nc1Cl. The Morgan fingerprint density at radius 1 is 1.62 bits per heavy atom. The van der Waals surface area contributed by atoms with Gasteiger partial charge in [-0.2, -0.15) is 5.26 Å². The van der Waals surface area contributed by atoms with Crippen molar-refractivity contribution in [3.05, 3.63) is 10.0 Å². The Morgan fingerprint density at radius 2 is 2.44 bits per heavy atom. The summed E-state index contributed by atoms with van der Waals surface area (Å²) in [5.41, 5.74) is 0. The number of nitrogens with zero attached hydrogens (tertiary/aromatic N) is 2. The monoisotopic (exact) mass is 257 g/mol. The smallest absolute Gasteiger partial charge is 0.185 e. The molecule has 0 bridgehead atoms. The van der Waals surface area contributed by atoms with E-state index in [9.17, 15) is 5.11 Å². The van der Waals surface area contributed by atoms with Crippen LogP contribution in [0.1, 0.15) is 24.1 Å². The summed E-state index contributed by atoms with van der Waals surface area (Å²) >= 11 is 7.03. The van der Waals surface area contributed by atoms with Crippen LogP contribution in [0.5, 0.6) is 0 Å². The minimum absolute atomic E-state index is 0.152. The van der Waals surface area contributed by atoms with Crippen LogP contribution < -0.4 is 5.32 Å². The van der Waals surface area contributed by atoms with E-state index in [1.807, 2.05) is 6.07 Å². The van der Waals surface area contributed by atoms with Crippen molar-refractivity contribution in [2.45, 2.75) is 25.4 Å². The summed E-state index contributed by atoms with van der Waals surface area (Å²) in [6.07, 6.45) is 2.62. The number of rotatable bonds is 3. The van der Waals surface area contributed by atoms with Gasteiger partial charge in [0.2, 0.25) is 0 Å². The normalized spacial score (nSPS) is 24.3. The van der Waals surface area contributed by atoms with Crippen LogP contribution in [0.25, 0.3) is 0 Å². The van der Waals surface area contributed by atoms with Crippen molar-refractivity contribution in [3.8, 4) is 6.07 Å². The molecular formula is C10H12ClN3OS. The fourth-order valence-electron chi connectivity index (χ4n) is 1.91. The van der Waals surface area contributed by atoms with Crippen molar-refractivity contribution in [2.75, 3.05) is 11.9 Å². The summed E-state index contributed by atoms with van der Waals surface area (Å²) in [6, 6.07) is 1.99. The average molecular weight is 258 g/mol. The Morgan fingerprint density at radius 3 is 3.00 bits per heavy atom. The van der Waals surface area contributed by atoms with Crippen LogP contribution >= 0.6 is 22.9 Å². The summed E-state index contributed by atoms with van der Waals surface area (Å²) in [4.78, 5) is 4.49. The Balaban J connectivity index is 1.88. The minimum Gasteiger partial charge on any atom is -0.393 e. The van der Waals surface area contributed by atoms with Gasteiger partial charge in [-0.25, -0.2) is 4.98 Å². The van der Waals surface area contributed by atoms with Gasteiger partial charge < -0.3 is 10.4 Å². The molecule has 2 rings (SSSR count). The van der Waals surface area contributed by atoms with E-state index in [0.29, 0.717) is 15.9 Å². The molecule has 2 unspecified atom stereocenters. The average Bonchev–Trinajstić information content (AvgIpc) is 2.82. The van der Waals surface area contributed by atoms with Gasteiger partial charge in [0.15, 0.2) is 10.3 Å². The first kappa shape index (κ1) is 11.6. The van der Waals surface area contributed by atoms with Crippen molar-refractivity contribution in [3.63, 3.8) is 0 Å². The highest BCUT2D eigenvalue weighted by Gasteiger charge is 2.22. The van der Waals surface area contributed by atoms with E-state index in [1.54, 1.807) is 0 Å². The molecule has 6 heteroatoms. The maximum atomic E-state index is 9.38. The molecule has 0 aromatic carbocycles. The van der Waals surface area contributed by atoms with Gasteiger partial charge in [-0.3, -0.25) is 0 Å². The van der Waals surface area contributed by atoms with E-state index < -0.39 is 0 Å². The predicted molar refractivity (Wildman–Crippen MR) is 63.7 cm³/mol. The Bertz CT molecular complexity index is 415. The molecule has 4 nitrogen and oxygen atoms in total. The second-order valence-electron chi connectivity index (χ2n) is 3.96. The molecule has 86 valence electrons. The highest BCUT2D eigenvalue weighted by molar-refractivity contribution is 7.16. The fraction of sp³-hybridized carbons (Fsp3) is 0.600. The molecule has 16 heavy (non-hydrogen) atoms. The van der Waals surface area contributed by atoms with E-state index in [-0.39, 0.29) is 11.3 Å². The van der Waals surface area contributed by atoms with Crippen LogP contribution in [0.3, 0.4) is 0 Å². The van der Waals surface area contributed by atoms with E-state index >= 15 is 0 Å². The van der Waals surface area contributed by atoms with Gasteiger partial charge >= 0.3 is 0 Å². The quantitative estimate of drug-likeness (QED) is 0.871. The van der Waals surface area contributed by atoms with Gasteiger partial charge in [-0.05, 0) is 25.2 Å². The van der Waals surface area contributed by atoms with Gasteiger partial charge in [-0.1, -0.05) is 22.9 Å². The number of aliphatic hydroxyl groups excluding tert-OH is 1. The Kier molecular flexibility index (Phi) is 3.64. The van der Waals surface area contributed by atoms with E-state index in [1.165, 1.54) is 11.3 Å². The first-order chi connectivity index (χ1) is 7.69. The maximum Gasteiger partial charge on any atom is 0.185 e. The Hall–Kier alpha value is -0.830. The first-order valence-electron chi connectivity index (χ1n) is 5.17. The molecular weight excluding hydrogens is 246 g/mol. The molecule has 1 aromatic rings. The van der Waals surface area contributed by atoms with Crippen LogP contribution in [0.15, 0.2) is 0 Å². The molecule has 1 aromatic heterocycles. The topological polar surface area (TPSA) is 68.9 Å². The predicted octanol–water partition coefficient (Wildman–Crippen LogP) is 2.24. The van der Waals surface area contributed by atoms with Crippen molar-refractivity contribution in [1.82, 2.24) is 4.98 Å². The molecule has 0 saturated heterocycles. The van der Waals surface area contributed by atoms with Crippen LogP contribution in [-0.2, 0) is 0 Å². The Labute approximate surface area is 103 Å². The standard InChI is InChI=1S/C10H12ClN3OS/c11-9-8(4-12)16-10(14-9)13-5-6-1-2-7(15)3-6/h6-7,15H,1-3,5H2,(H,13,14). The van der Waals surface area contributed by atoms with Crippen LogP contribution in [0, 0.1) is 17.2 Å². The molecule has 0 amide bonds. The van der Waals surface area contributed by atoms with Crippen LogP contribution in [0.4, 0.5) is 5.13 Å². The van der Waals surface area contributed by atoms with Crippen LogP contribution in [-0.4, -0.2) is 22.7 Å². The number of hydrogen-bond acceptors (Lipinski definition) is 5. The van der Waals surface area contributed by atoms with Crippen molar-refractivity contribution < 1.29 is 5.11 Å². The van der Waals surface area contributed by atoms with E-state index in [4.69, 9.17) is 16.9 Å². The fourth-order valence-corrected chi connectivity index (χ4v) is 2.87. The van der Waals surface area contributed by atoms with E-state index in [2.05, 4.69) is 10.3 Å². The third kappa shape index (κ3) is 2.64. The largest absolute Gasteiger partial charge is 0.393 e. The third-order valence-electron chi connectivity index (χ3n) is 2.74. The summed E-state index contributed by atoms with van der Waals surface area (Å²) in [5, 5.41) is 22.2. The lowest BCUT2D eigenvalue weighted by Crippen LogP contribution is -2.12. The number of nitriles is 1. The van der Waals surface area contributed by atoms with Gasteiger partial charge in [0.05, 0.1) is 6.10 Å². The van der Waals surface area contributed by atoms with Gasteiger partial charge in [-0.15, -0.1) is 0 Å². The number of hydrogen-bond donors (Lipinski definition) is 2.